The Bertz CT molecular complexity index is 389. The highest BCUT2D eigenvalue weighted by atomic mass is 32.2. The van der Waals surface area contributed by atoms with Crippen LogP contribution in [0.4, 0.5) is 0 Å². The zero-order valence-electron chi connectivity index (χ0n) is 6.27. The molecular weight excluding hydrogens is 186 g/mol. The fourth-order valence-electron chi connectivity index (χ4n) is 0.796. The Kier molecular flexibility index (Phi) is 4.15. The molecule has 0 N–H and O–H groups in total. The van der Waals surface area contributed by atoms with Gasteiger partial charge in [-0.05, 0) is 12.1 Å². The molecule has 0 aliphatic carbocycles. The van der Waals surface area contributed by atoms with E-state index in [4.69, 9.17) is 5.26 Å². The highest BCUT2D eigenvalue weighted by molar-refractivity contribution is 7.91. The number of nitriles is 1. The molecule has 0 heterocycles. The minimum atomic E-state index is -3.37. The molecule has 0 bridgehead atoms. The predicted octanol–water partition coefficient (Wildman–Crippen LogP) is 1.62. The van der Waals surface area contributed by atoms with Crippen LogP contribution in [-0.2, 0) is 9.84 Å². The van der Waals surface area contributed by atoms with Gasteiger partial charge >= 0.3 is 0 Å². The molecule has 70 valence electrons. The molecular formula is C9H11NO2S. The van der Waals surface area contributed by atoms with E-state index in [9.17, 15) is 8.42 Å². The second kappa shape index (κ2) is 4.63. The minimum Gasteiger partial charge on any atom is -0.223 e. The van der Waals surface area contributed by atoms with E-state index in [0.29, 0.717) is 0 Å². The molecule has 0 aliphatic heterocycles. The van der Waals surface area contributed by atoms with Crippen molar-refractivity contribution in [3.05, 3.63) is 30.3 Å². The lowest BCUT2D eigenvalue weighted by molar-refractivity contribution is 0.599. The second-order valence-corrected chi connectivity index (χ2v) is 4.22. The Morgan fingerprint density at radius 3 is 2.23 bits per heavy atom. The van der Waals surface area contributed by atoms with Gasteiger partial charge in [-0.25, -0.2) is 8.42 Å². The summed E-state index contributed by atoms with van der Waals surface area (Å²) in [7, 11) is -3.37. The normalized spacial score (nSPS) is 9.77. The third-order valence-electron chi connectivity index (χ3n) is 1.36. The van der Waals surface area contributed by atoms with Crippen molar-refractivity contribution in [2.24, 2.45) is 0 Å². The SMILES string of the molecule is C.N#CCS(=O)(=O)c1ccccc1. The number of hydrogen-bond acceptors (Lipinski definition) is 3. The van der Waals surface area contributed by atoms with Crippen LogP contribution >= 0.6 is 0 Å². The number of hydrogen-bond donors (Lipinski definition) is 0. The lowest BCUT2D eigenvalue weighted by Crippen LogP contribution is -2.04. The fraction of sp³-hybridized carbons (Fsp3) is 0.222. The molecule has 0 spiro atoms. The maximum atomic E-state index is 11.2. The Morgan fingerprint density at radius 1 is 1.23 bits per heavy atom. The van der Waals surface area contributed by atoms with E-state index >= 15 is 0 Å². The molecule has 0 aromatic heterocycles. The van der Waals surface area contributed by atoms with Gasteiger partial charge in [0.1, 0.15) is 5.75 Å². The topological polar surface area (TPSA) is 57.9 Å². The van der Waals surface area contributed by atoms with Gasteiger partial charge in [-0.1, -0.05) is 25.6 Å². The van der Waals surface area contributed by atoms with Crippen LogP contribution in [0, 0.1) is 11.3 Å². The first-order valence-corrected chi connectivity index (χ1v) is 4.97. The van der Waals surface area contributed by atoms with Gasteiger partial charge in [0.2, 0.25) is 0 Å². The van der Waals surface area contributed by atoms with E-state index < -0.39 is 15.6 Å². The van der Waals surface area contributed by atoms with Gasteiger partial charge in [0, 0.05) is 0 Å². The van der Waals surface area contributed by atoms with Crippen molar-refractivity contribution in [3.63, 3.8) is 0 Å². The Balaban J connectivity index is 0.00000144. The number of sulfone groups is 1. The summed E-state index contributed by atoms with van der Waals surface area (Å²) in [6, 6.07) is 9.56. The van der Waals surface area contributed by atoms with Gasteiger partial charge in [0.15, 0.2) is 9.84 Å². The minimum absolute atomic E-state index is 0. The van der Waals surface area contributed by atoms with Crippen LogP contribution in [0.1, 0.15) is 7.43 Å². The maximum absolute atomic E-state index is 11.2. The molecule has 0 unspecified atom stereocenters. The average molecular weight is 197 g/mol. The molecule has 1 rings (SSSR count). The fourth-order valence-corrected chi connectivity index (χ4v) is 1.70. The van der Waals surface area contributed by atoms with Crippen molar-refractivity contribution in [2.75, 3.05) is 5.75 Å². The van der Waals surface area contributed by atoms with Crippen LogP contribution in [0.25, 0.3) is 0 Å². The van der Waals surface area contributed by atoms with E-state index in [1.165, 1.54) is 12.1 Å². The smallest absolute Gasteiger partial charge is 0.191 e. The quantitative estimate of drug-likeness (QED) is 0.723. The van der Waals surface area contributed by atoms with E-state index in [0.717, 1.165) is 0 Å². The van der Waals surface area contributed by atoms with Gasteiger partial charge in [-0.2, -0.15) is 5.26 Å². The predicted molar refractivity (Wildman–Crippen MR) is 50.8 cm³/mol. The van der Waals surface area contributed by atoms with Crippen LogP contribution in [0.3, 0.4) is 0 Å². The molecule has 0 aliphatic rings. The zero-order chi connectivity index (χ0) is 9.03. The third-order valence-corrected chi connectivity index (χ3v) is 2.86. The van der Waals surface area contributed by atoms with Crippen LogP contribution in [-0.4, -0.2) is 14.2 Å². The van der Waals surface area contributed by atoms with Gasteiger partial charge in [-0.3, -0.25) is 0 Å². The lowest BCUT2D eigenvalue weighted by atomic mass is 10.4. The van der Waals surface area contributed by atoms with Gasteiger partial charge < -0.3 is 0 Å². The van der Waals surface area contributed by atoms with Crippen molar-refractivity contribution in [2.45, 2.75) is 12.3 Å². The van der Waals surface area contributed by atoms with Gasteiger partial charge in [0.05, 0.1) is 11.0 Å². The van der Waals surface area contributed by atoms with E-state index in [1.54, 1.807) is 24.3 Å². The lowest BCUT2D eigenvalue weighted by Gasteiger charge is -1.96. The van der Waals surface area contributed by atoms with Crippen molar-refractivity contribution >= 4 is 9.84 Å². The molecule has 4 heteroatoms. The molecule has 1 aromatic rings. The molecule has 0 saturated carbocycles. The first kappa shape index (κ1) is 11.7. The summed E-state index contributed by atoms with van der Waals surface area (Å²) in [5, 5.41) is 8.23. The number of nitrogens with zero attached hydrogens (tertiary/aromatic N) is 1. The van der Waals surface area contributed by atoms with Gasteiger partial charge in [-0.15, -0.1) is 0 Å². The largest absolute Gasteiger partial charge is 0.223 e. The van der Waals surface area contributed by atoms with Crippen molar-refractivity contribution in [1.82, 2.24) is 0 Å². The molecule has 0 radical (unpaired) electrons. The summed E-state index contributed by atoms with van der Waals surface area (Å²) < 4.78 is 22.4. The van der Waals surface area contributed by atoms with Crippen LogP contribution in [0.2, 0.25) is 0 Å². The monoisotopic (exact) mass is 197 g/mol. The summed E-state index contributed by atoms with van der Waals surface area (Å²) in [6.07, 6.45) is 0. The van der Waals surface area contributed by atoms with Crippen LogP contribution in [0.5, 0.6) is 0 Å². The number of benzene rings is 1. The van der Waals surface area contributed by atoms with Crippen molar-refractivity contribution < 1.29 is 8.42 Å². The van der Waals surface area contributed by atoms with E-state index in [2.05, 4.69) is 0 Å². The molecule has 0 amide bonds. The highest BCUT2D eigenvalue weighted by Gasteiger charge is 2.11. The number of rotatable bonds is 2. The maximum Gasteiger partial charge on any atom is 0.191 e. The second-order valence-electron chi connectivity index (χ2n) is 2.23. The zero-order valence-corrected chi connectivity index (χ0v) is 7.08. The summed E-state index contributed by atoms with van der Waals surface area (Å²) in [5.74, 6) is -0.461. The standard InChI is InChI=1S/C8H7NO2S.CH4/c9-6-7-12(10,11)8-4-2-1-3-5-8;/h1-5H,7H2;1H4. The van der Waals surface area contributed by atoms with Crippen LogP contribution in [0.15, 0.2) is 35.2 Å². The Morgan fingerprint density at radius 2 is 1.77 bits per heavy atom. The molecule has 13 heavy (non-hydrogen) atoms. The summed E-state index contributed by atoms with van der Waals surface area (Å²) >= 11 is 0. The first-order chi connectivity index (χ1) is 5.67. The summed E-state index contributed by atoms with van der Waals surface area (Å²) in [4.78, 5) is 0.201. The third kappa shape index (κ3) is 2.88. The van der Waals surface area contributed by atoms with Gasteiger partial charge in [0.25, 0.3) is 0 Å². The first-order valence-electron chi connectivity index (χ1n) is 3.31. The van der Waals surface area contributed by atoms with E-state index in [-0.39, 0.29) is 12.3 Å². The highest BCUT2D eigenvalue weighted by Crippen LogP contribution is 2.08. The van der Waals surface area contributed by atoms with Crippen molar-refractivity contribution in [3.8, 4) is 6.07 Å². The summed E-state index contributed by atoms with van der Waals surface area (Å²) in [6.45, 7) is 0. The molecule has 0 fully saturated rings. The van der Waals surface area contributed by atoms with Crippen LogP contribution < -0.4 is 0 Å². The Labute approximate surface area is 78.6 Å². The van der Waals surface area contributed by atoms with E-state index in [1.807, 2.05) is 0 Å². The summed E-state index contributed by atoms with van der Waals surface area (Å²) in [5.41, 5.74) is 0. The molecule has 3 nitrogen and oxygen atoms in total. The molecule has 0 atom stereocenters. The van der Waals surface area contributed by atoms with Crippen molar-refractivity contribution in [1.29, 1.82) is 5.26 Å². The Hall–Kier alpha value is -1.34. The average Bonchev–Trinajstić information content (AvgIpc) is 2.06. The molecule has 1 aromatic carbocycles. The molecule has 0 saturated heterocycles.